The standard InChI is InChI=1S/C21H20O4/c1-20(11-22)6-3-7-21(2)15-9-13-12(16(23)4-5-17(13)24)8-14(15)18(25)10-19(20)21/h4-5,8-9,11,19H,3,6-7,10H2,1-2H3/t19-,20+,21+/m0/s1. The molecule has 0 spiro atoms. The highest BCUT2D eigenvalue weighted by molar-refractivity contribution is 6.23. The molecular weight excluding hydrogens is 316 g/mol. The lowest BCUT2D eigenvalue weighted by atomic mass is 9.50. The Morgan fingerprint density at radius 1 is 0.960 bits per heavy atom. The van der Waals surface area contributed by atoms with Crippen LogP contribution in [0.4, 0.5) is 0 Å². The predicted octanol–water partition coefficient (Wildman–Crippen LogP) is 3.47. The van der Waals surface area contributed by atoms with Crippen molar-refractivity contribution in [3.63, 3.8) is 0 Å². The van der Waals surface area contributed by atoms with E-state index in [4.69, 9.17) is 0 Å². The fourth-order valence-electron chi connectivity index (χ4n) is 5.17. The Hall–Kier alpha value is -2.36. The molecule has 0 amide bonds. The summed E-state index contributed by atoms with van der Waals surface area (Å²) in [5, 5.41) is 0. The first-order valence-corrected chi connectivity index (χ1v) is 8.75. The number of rotatable bonds is 1. The van der Waals surface area contributed by atoms with Gasteiger partial charge >= 0.3 is 0 Å². The van der Waals surface area contributed by atoms with Gasteiger partial charge in [0.2, 0.25) is 0 Å². The lowest BCUT2D eigenvalue weighted by Gasteiger charge is -2.53. The Morgan fingerprint density at radius 3 is 2.24 bits per heavy atom. The van der Waals surface area contributed by atoms with Gasteiger partial charge in [-0.3, -0.25) is 14.4 Å². The molecule has 4 rings (SSSR count). The number of hydrogen-bond acceptors (Lipinski definition) is 4. The molecule has 0 N–H and O–H groups in total. The highest BCUT2D eigenvalue weighted by Gasteiger charge is 2.54. The van der Waals surface area contributed by atoms with E-state index in [0.717, 1.165) is 31.1 Å². The van der Waals surface area contributed by atoms with Crippen LogP contribution in [0.25, 0.3) is 0 Å². The van der Waals surface area contributed by atoms with Crippen molar-refractivity contribution in [1.29, 1.82) is 0 Å². The first kappa shape index (κ1) is 16.1. The largest absolute Gasteiger partial charge is 0.303 e. The average molecular weight is 336 g/mol. The molecule has 0 radical (unpaired) electrons. The zero-order valence-electron chi connectivity index (χ0n) is 14.4. The molecule has 3 aliphatic rings. The highest BCUT2D eigenvalue weighted by Crippen LogP contribution is 2.56. The van der Waals surface area contributed by atoms with Gasteiger partial charge < -0.3 is 4.79 Å². The van der Waals surface area contributed by atoms with E-state index in [2.05, 4.69) is 6.92 Å². The molecule has 1 aromatic carbocycles. The summed E-state index contributed by atoms with van der Waals surface area (Å²) >= 11 is 0. The minimum Gasteiger partial charge on any atom is -0.303 e. The molecular formula is C21H20O4. The molecule has 0 bridgehead atoms. The summed E-state index contributed by atoms with van der Waals surface area (Å²) in [6, 6.07) is 3.35. The monoisotopic (exact) mass is 336 g/mol. The summed E-state index contributed by atoms with van der Waals surface area (Å²) in [5.41, 5.74) is 1.20. The maximum atomic E-state index is 12.8. The number of carbonyl (C=O) groups excluding carboxylic acids is 4. The van der Waals surface area contributed by atoms with Crippen molar-refractivity contribution in [2.24, 2.45) is 11.3 Å². The quantitative estimate of drug-likeness (QED) is 0.736. The van der Waals surface area contributed by atoms with E-state index in [1.807, 2.05) is 6.92 Å². The smallest absolute Gasteiger partial charge is 0.186 e. The minimum absolute atomic E-state index is 0.0370. The van der Waals surface area contributed by atoms with Gasteiger partial charge in [0, 0.05) is 28.5 Å². The van der Waals surface area contributed by atoms with Crippen LogP contribution in [0.3, 0.4) is 0 Å². The Bertz CT molecular complexity index is 878. The van der Waals surface area contributed by atoms with E-state index >= 15 is 0 Å². The lowest BCUT2D eigenvalue weighted by Crippen LogP contribution is -2.51. The van der Waals surface area contributed by atoms with Crippen LogP contribution in [0.5, 0.6) is 0 Å². The molecule has 0 heterocycles. The van der Waals surface area contributed by atoms with Crippen molar-refractivity contribution in [3.8, 4) is 0 Å². The molecule has 1 fully saturated rings. The van der Waals surface area contributed by atoms with E-state index in [1.54, 1.807) is 12.1 Å². The highest BCUT2D eigenvalue weighted by atomic mass is 16.1. The van der Waals surface area contributed by atoms with Crippen LogP contribution >= 0.6 is 0 Å². The van der Waals surface area contributed by atoms with Crippen LogP contribution in [0.2, 0.25) is 0 Å². The van der Waals surface area contributed by atoms with E-state index < -0.39 is 5.41 Å². The third-order valence-electron chi connectivity index (χ3n) is 6.63. The maximum absolute atomic E-state index is 12.8. The summed E-state index contributed by atoms with van der Waals surface area (Å²) in [6.45, 7) is 4.04. The van der Waals surface area contributed by atoms with Gasteiger partial charge in [-0.05, 0) is 54.0 Å². The van der Waals surface area contributed by atoms with Crippen molar-refractivity contribution in [1.82, 2.24) is 0 Å². The van der Waals surface area contributed by atoms with Crippen molar-refractivity contribution in [2.75, 3.05) is 0 Å². The Morgan fingerprint density at radius 2 is 1.60 bits per heavy atom. The van der Waals surface area contributed by atoms with E-state index in [9.17, 15) is 19.2 Å². The molecule has 4 heteroatoms. The van der Waals surface area contributed by atoms with Crippen LogP contribution in [0, 0.1) is 11.3 Å². The van der Waals surface area contributed by atoms with Gasteiger partial charge in [0.05, 0.1) is 0 Å². The summed E-state index contributed by atoms with van der Waals surface area (Å²) in [4.78, 5) is 49.0. The normalized spacial score (nSPS) is 33.5. The molecule has 3 atom stereocenters. The number of carbonyl (C=O) groups is 4. The summed E-state index contributed by atoms with van der Waals surface area (Å²) in [6.07, 6.45) is 6.43. The number of fused-ring (bicyclic) bond motifs is 4. The van der Waals surface area contributed by atoms with Gasteiger partial charge in [0.1, 0.15) is 6.29 Å². The number of aldehydes is 1. The van der Waals surface area contributed by atoms with Gasteiger partial charge in [-0.25, -0.2) is 0 Å². The number of allylic oxidation sites excluding steroid dienone is 2. The molecule has 1 saturated carbocycles. The number of benzene rings is 1. The molecule has 4 nitrogen and oxygen atoms in total. The second kappa shape index (κ2) is 5.07. The van der Waals surface area contributed by atoms with Crippen molar-refractivity contribution < 1.29 is 19.2 Å². The number of ketones is 3. The summed E-state index contributed by atoms with van der Waals surface area (Å²) in [7, 11) is 0. The van der Waals surface area contributed by atoms with Crippen molar-refractivity contribution in [3.05, 3.63) is 46.5 Å². The molecule has 0 saturated heterocycles. The van der Waals surface area contributed by atoms with E-state index in [1.165, 1.54) is 12.2 Å². The SMILES string of the molecule is C[C@]1(C=O)CCC[C@]2(C)c3cc4c(cc3C(=O)C[C@@H]12)C(=O)C=CC4=O. The average Bonchev–Trinajstić information content (AvgIpc) is 2.60. The van der Waals surface area contributed by atoms with Crippen LogP contribution < -0.4 is 0 Å². The van der Waals surface area contributed by atoms with Crippen LogP contribution in [0.15, 0.2) is 24.3 Å². The molecule has 25 heavy (non-hydrogen) atoms. The van der Waals surface area contributed by atoms with E-state index in [-0.39, 0.29) is 28.7 Å². The molecule has 0 unspecified atom stereocenters. The Balaban J connectivity index is 1.96. The van der Waals surface area contributed by atoms with E-state index in [0.29, 0.717) is 23.1 Å². The lowest BCUT2D eigenvalue weighted by molar-refractivity contribution is -0.122. The first-order chi connectivity index (χ1) is 11.8. The summed E-state index contributed by atoms with van der Waals surface area (Å²) < 4.78 is 0. The van der Waals surface area contributed by atoms with Crippen molar-refractivity contribution >= 4 is 23.6 Å². The fourth-order valence-corrected chi connectivity index (χ4v) is 5.17. The predicted molar refractivity (Wildman–Crippen MR) is 92.1 cm³/mol. The third kappa shape index (κ3) is 2.06. The number of hydrogen-bond donors (Lipinski definition) is 0. The maximum Gasteiger partial charge on any atom is 0.186 e. The third-order valence-corrected chi connectivity index (χ3v) is 6.63. The Labute approximate surface area is 146 Å². The first-order valence-electron chi connectivity index (χ1n) is 8.75. The van der Waals surface area contributed by atoms with Gasteiger partial charge in [-0.2, -0.15) is 0 Å². The fraction of sp³-hybridized carbons (Fsp3) is 0.429. The van der Waals surface area contributed by atoms with Crippen molar-refractivity contribution in [2.45, 2.75) is 44.9 Å². The molecule has 128 valence electrons. The van der Waals surface area contributed by atoms with Gasteiger partial charge in [0.25, 0.3) is 0 Å². The number of Topliss-reactive ketones (excluding diaryl/α,β-unsaturated/α-hetero) is 1. The second-order valence-electron chi connectivity index (χ2n) is 8.08. The zero-order valence-corrected chi connectivity index (χ0v) is 14.4. The van der Waals surface area contributed by atoms with Gasteiger partial charge in [-0.15, -0.1) is 0 Å². The summed E-state index contributed by atoms with van der Waals surface area (Å²) in [5.74, 6) is -0.553. The zero-order chi connectivity index (χ0) is 18.0. The second-order valence-corrected chi connectivity index (χ2v) is 8.08. The molecule has 0 aromatic heterocycles. The molecule has 0 aliphatic heterocycles. The van der Waals surface area contributed by atoms with Crippen LogP contribution in [-0.4, -0.2) is 23.6 Å². The van der Waals surface area contributed by atoms with Gasteiger partial charge in [-0.1, -0.05) is 20.3 Å². The Kier molecular flexibility index (Phi) is 3.27. The topological polar surface area (TPSA) is 68.3 Å². The van der Waals surface area contributed by atoms with Crippen LogP contribution in [0.1, 0.15) is 76.2 Å². The molecule has 3 aliphatic carbocycles. The van der Waals surface area contributed by atoms with Crippen LogP contribution in [-0.2, 0) is 10.2 Å². The minimum atomic E-state index is -0.532. The molecule has 1 aromatic rings. The van der Waals surface area contributed by atoms with Gasteiger partial charge in [0.15, 0.2) is 17.3 Å².